The van der Waals surface area contributed by atoms with Gasteiger partial charge in [0.2, 0.25) is 11.6 Å². The second kappa shape index (κ2) is 12.8. The highest BCUT2D eigenvalue weighted by Crippen LogP contribution is 2.55. The zero-order valence-electron chi connectivity index (χ0n) is 25.9. The van der Waals surface area contributed by atoms with Crippen molar-refractivity contribution >= 4 is 22.7 Å². The van der Waals surface area contributed by atoms with Crippen molar-refractivity contribution in [1.82, 2.24) is 10.3 Å². The number of anilines is 1. The maximum atomic E-state index is 12.7. The second-order valence-corrected chi connectivity index (χ2v) is 13.5. The van der Waals surface area contributed by atoms with E-state index in [-0.39, 0.29) is 24.0 Å². The predicted octanol–water partition coefficient (Wildman–Crippen LogP) is 6.89. The molecule has 4 fully saturated rings. The number of rotatable bonds is 8. The molecule has 1 aliphatic heterocycles. The Morgan fingerprint density at radius 3 is 2.79 bits per heavy atom. The molecular weight excluding hydrogens is 550 g/mol. The number of hydrogen-bond acceptors (Lipinski definition) is 9. The Kier molecular flexibility index (Phi) is 9.01. The quantitative estimate of drug-likeness (QED) is 0.248. The summed E-state index contributed by atoms with van der Waals surface area (Å²) in [5, 5.41) is 7.47. The summed E-state index contributed by atoms with van der Waals surface area (Å²) in [7, 11) is 1.66. The van der Waals surface area contributed by atoms with Crippen LogP contribution in [0.1, 0.15) is 85.0 Å². The number of carbonyl (C=O) groups is 1. The Bertz CT molecular complexity index is 1260. The first-order valence-corrected chi connectivity index (χ1v) is 16.1. The number of aromatic nitrogens is 1. The van der Waals surface area contributed by atoms with E-state index in [1.165, 1.54) is 6.42 Å². The molecule has 1 aromatic heterocycles. The molecular formula is C33H47N3O7. The molecule has 6 unspecified atom stereocenters. The van der Waals surface area contributed by atoms with Crippen LogP contribution >= 0.6 is 0 Å². The molecule has 0 radical (unpaired) electrons. The first kappa shape index (κ1) is 30.4. The van der Waals surface area contributed by atoms with Gasteiger partial charge in [0.05, 0.1) is 18.3 Å². The monoisotopic (exact) mass is 597 g/mol. The Labute approximate surface area is 254 Å². The van der Waals surface area contributed by atoms with E-state index in [0.29, 0.717) is 31.2 Å². The molecule has 10 nitrogen and oxygen atoms in total. The third-order valence-electron chi connectivity index (χ3n) is 9.93. The minimum Gasteiger partial charge on any atom is -0.497 e. The van der Waals surface area contributed by atoms with Crippen LogP contribution in [-0.4, -0.2) is 48.5 Å². The minimum atomic E-state index is -1.05. The number of nitrogens with one attached hydrogen (secondary N) is 2. The summed E-state index contributed by atoms with van der Waals surface area (Å²) in [6.45, 7) is 7.11. The Hall–Kier alpha value is -2.66. The Morgan fingerprint density at radius 2 is 1.98 bits per heavy atom. The van der Waals surface area contributed by atoms with E-state index in [1.54, 1.807) is 13.3 Å². The number of fused-ring (bicyclic) bond motifs is 4. The molecule has 1 aromatic carbocycles. The van der Waals surface area contributed by atoms with E-state index in [4.69, 9.17) is 29.0 Å². The highest BCUT2D eigenvalue weighted by Gasteiger charge is 2.60. The maximum absolute atomic E-state index is 12.7. The number of alkyl carbamates (subject to hydrolysis) is 1. The van der Waals surface area contributed by atoms with Gasteiger partial charge in [-0.25, -0.2) is 4.79 Å². The van der Waals surface area contributed by atoms with E-state index in [2.05, 4.69) is 36.4 Å². The van der Waals surface area contributed by atoms with Crippen LogP contribution in [0.3, 0.4) is 0 Å². The first-order valence-electron chi connectivity index (χ1n) is 16.1. The Balaban J connectivity index is 0.942. The SMILES string of the molecule is COc1cc(NC(C)CCCNC(=O)OC2CCCC3(C2)OOC2(OO3)C(C)CC3CC(C)CC2C3)c2ncccc2c1. The predicted molar refractivity (Wildman–Crippen MR) is 161 cm³/mol. The van der Waals surface area contributed by atoms with Gasteiger partial charge in [-0.2, -0.15) is 19.6 Å². The van der Waals surface area contributed by atoms with Gasteiger partial charge in [-0.05, 0) is 82.3 Å². The van der Waals surface area contributed by atoms with Gasteiger partial charge in [0.15, 0.2) is 0 Å². The molecule has 2 bridgehead atoms. The number of benzene rings is 1. The molecule has 6 atom stereocenters. The number of pyridine rings is 1. The largest absolute Gasteiger partial charge is 0.497 e. The lowest BCUT2D eigenvalue weighted by Gasteiger charge is -2.55. The number of ether oxygens (including phenoxy) is 2. The molecule has 1 saturated heterocycles. The van der Waals surface area contributed by atoms with Crippen molar-refractivity contribution in [3.63, 3.8) is 0 Å². The summed E-state index contributed by atoms with van der Waals surface area (Å²) in [5.41, 5.74) is 1.84. The minimum absolute atomic E-state index is 0.173. The maximum Gasteiger partial charge on any atom is 0.407 e. The zero-order chi connectivity index (χ0) is 30.0. The van der Waals surface area contributed by atoms with Crippen molar-refractivity contribution < 1.29 is 33.8 Å². The van der Waals surface area contributed by atoms with Crippen LogP contribution in [0.2, 0.25) is 0 Å². The average molecular weight is 598 g/mol. The number of methoxy groups -OCH3 is 1. The van der Waals surface area contributed by atoms with E-state index in [1.807, 2.05) is 24.3 Å². The van der Waals surface area contributed by atoms with Gasteiger partial charge in [0, 0.05) is 54.9 Å². The smallest absolute Gasteiger partial charge is 0.407 e. The molecule has 236 valence electrons. The molecule has 2 aromatic rings. The van der Waals surface area contributed by atoms with Crippen LogP contribution in [0.15, 0.2) is 30.5 Å². The summed E-state index contributed by atoms with van der Waals surface area (Å²) in [4.78, 5) is 41.6. The molecule has 2 heterocycles. The molecule has 10 heteroatoms. The van der Waals surface area contributed by atoms with Gasteiger partial charge in [-0.15, -0.1) is 0 Å². The van der Waals surface area contributed by atoms with E-state index < -0.39 is 17.7 Å². The lowest BCUT2D eigenvalue weighted by molar-refractivity contribution is -0.677. The van der Waals surface area contributed by atoms with Crippen molar-refractivity contribution in [2.75, 3.05) is 19.0 Å². The summed E-state index contributed by atoms with van der Waals surface area (Å²) in [6, 6.07) is 8.06. The Morgan fingerprint density at radius 1 is 1.14 bits per heavy atom. The normalized spacial score (nSPS) is 34.6. The van der Waals surface area contributed by atoms with Gasteiger partial charge >= 0.3 is 6.09 Å². The third-order valence-corrected chi connectivity index (χ3v) is 9.93. The molecule has 3 aliphatic carbocycles. The van der Waals surface area contributed by atoms with Crippen molar-refractivity contribution in [2.24, 2.45) is 23.7 Å². The fourth-order valence-electron chi connectivity index (χ4n) is 7.87. The fraction of sp³-hybridized carbons (Fsp3) is 0.697. The third kappa shape index (κ3) is 6.57. The number of amides is 1. The molecule has 2 spiro atoms. The van der Waals surface area contributed by atoms with E-state index in [0.717, 1.165) is 67.3 Å². The molecule has 6 rings (SSSR count). The van der Waals surface area contributed by atoms with Crippen LogP contribution in [-0.2, 0) is 24.3 Å². The lowest BCUT2D eigenvalue weighted by Crippen LogP contribution is -2.62. The highest BCUT2D eigenvalue weighted by molar-refractivity contribution is 5.91. The molecule has 1 amide bonds. The van der Waals surface area contributed by atoms with Gasteiger partial charge in [0.1, 0.15) is 11.9 Å². The molecule has 43 heavy (non-hydrogen) atoms. The van der Waals surface area contributed by atoms with Crippen molar-refractivity contribution in [3.8, 4) is 5.75 Å². The standard InChI is InChI=1S/C33H47N3O7/c1-21-14-24-16-22(2)33(26(15-21)17-24)42-40-32(41-43-33)11-5-10-27(20-32)39-31(37)35-13-6-8-23(3)36-29-19-28(38-4)18-25-9-7-12-34-30(25)29/h7,9,12,18-19,21-24,26-27,36H,5-6,8,10-11,13-17,20H2,1-4H3,(H,35,37). The van der Waals surface area contributed by atoms with Gasteiger partial charge < -0.3 is 20.1 Å². The summed E-state index contributed by atoms with van der Waals surface area (Å²) >= 11 is 0. The lowest BCUT2D eigenvalue weighted by atomic mass is 9.62. The van der Waals surface area contributed by atoms with Crippen LogP contribution in [0, 0.1) is 23.7 Å². The number of nitrogens with zero attached hydrogens (tertiary/aromatic N) is 1. The fourth-order valence-corrected chi connectivity index (χ4v) is 7.87. The molecule has 3 saturated carbocycles. The van der Waals surface area contributed by atoms with E-state index in [9.17, 15) is 4.79 Å². The molecule has 2 N–H and O–H groups in total. The van der Waals surface area contributed by atoms with Crippen LogP contribution in [0.25, 0.3) is 10.9 Å². The van der Waals surface area contributed by atoms with Crippen LogP contribution in [0.5, 0.6) is 5.75 Å². The summed E-state index contributed by atoms with van der Waals surface area (Å²) in [5.74, 6) is 0.683. The second-order valence-electron chi connectivity index (χ2n) is 13.5. The number of carbonyl (C=O) groups excluding carboxylic acids is 1. The zero-order valence-corrected chi connectivity index (χ0v) is 25.9. The van der Waals surface area contributed by atoms with Crippen molar-refractivity contribution in [3.05, 3.63) is 30.5 Å². The first-order chi connectivity index (χ1) is 20.8. The highest BCUT2D eigenvalue weighted by atomic mass is 17.4. The average Bonchev–Trinajstić information content (AvgIpc) is 2.99. The molecule has 4 aliphatic rings. The van der Waals surface area contributed by atoms with Crippen LogP contribution in [0.4, 0.5) is 10.5 Å². The van der Waals surface area contributed by atoms with Gasteiger partial charge in [-0.3, -0.25) is 4.98 Å². The van der Waals surface area contributed by atoms with Crippen molar-refractivity contribution in [1.29, 1.82) is 0 Å². The van der Waals surface area contributed by atoms with Crippen molar-refractivity contribution in [2.45, 2.75) is 109 Å². The summed E-state index contributed by atoms with van der Waals surface area (Å²) < 4.78 is 11.2. The van der Waals surface area contributed by atoms with Crippen LogP contribution < -0.4 is 15.4 Å². The number of hydrogen-bond donors (Lipinski definition) is 2. The van der Waals surface area contributed by atoms with Gasteiger partial charge in [-0.1, -0.05) is 19.9 Å². The topological polar surface area (TPSA) is 109 Å². The van der Waals surface area contributed by atoms with E-state index >= 15 is 0 Å². The summed E-state index contributed by atoms with van der Waals surface area (Å²) in [6.07, 6.45) is 9.67. The van der Waals surface area contributed by atoms with Gasteiger partial charge in [0.25, 0.3) is 0 Å².